The van der Waals surface area contributed by atoms with Crippen LogP contribution in [0.15, 0.2) is 28.9 Å². The van der Waals surface area contributed by atoms with Gasteiger partial charge in [0.2, 0.25) is 0 Å². The van der Waals surface area contributed by atoms with Crippen LogP contribution < -0.4 is 5.32 Å². The second kappa shape index (κ2) is 4.35. The molecule has 94 valence electrons. The molecule has 0 aliphatic carbocycles. The Hall–Kier alpha value is -1.43. The average Bonchev–Trinajstić information content (AvgIpc) is 2.75. The lowest BCUT2D eigenvalue weighted by molar-refractivity contribution is 0.469. The van der Waals surface area contributed by atoms with Crippen molar-refractivity contribution in [2.75, 3.05) is 11.9 Å². The number of aromatic nitrogens is 2. The van der Waals surface area contributed by atoms with E-state index in [1.54, 1.807) is 16.9 Å². The van der Waals surface area contributed by atoms with E-state index < -0.39 is 11.6 Å². The van der Waals surface area contributed by atoms with E-state index in [1.807, 2.05) is 0 Å². The van der Waals surface area contributed by atoms with Crippen molar-refractivity contribution in [1.82, 2.24) is 9.78 Å². The van der Waals surface area contributed by atoms with Gasteiger partial charge in [-0.1, -0.05) is 6.07 Å². The Labute approximate surface area is 111 Å². The number of benzene rings is 1. The second-order valence-electron chi connectivity index (χ2n) is 4.19. The molecule has 1 N–H and O–H groups in total. The number of fused-ring (bicyclic) bond motifs is 1. The fourth-order valence-electron chi connectivity index (χ4n) is 2.22. The highest BCUT2D eigenvalue weighted by atomic mass is 79.9. The lowest BCUT2D eigenvalue weighted by atomic mass is 10.0. The van der Waals surface area contributed by atoms with E-state index in [2.05, 4.69) is 26.3 Å². The summed E-state index contributed by atoms with van der Waals surface area (Å²) in [5.74, 6) is -0.774. The van der Waals surface area contributed by atoms with Gasteiger partial charge in [-0.3, -0.25) is 0 Å². The maximum atomic E-state index is 13.3. The molecule has 1 aliphatic rings. The zero-order valence-corrected chi connectivity index (χ0v) is 10.9. The van der Waals surface area contributed by atoms with Gasteiger partial charge in [0.25, 0.3) is 0 Å². The van der Waals surface area contributed by atoms with E-state index in [4.69, 9.17) is 0 Å². The smallest absolute Gasteiger partial charge is 0.159 e. The van der Waals surface area contributed by atoms with Crippen molar-refractivity contribution >= 4 is 21.7 Å². The molecule has 18 heavy (non-hydrogen) atoms. The largest absolute Gasteiger partial charge is 0.369 e. The summed E-state index contributed by atoms with van der Waals surface area (Å²) in [6.07, 6.45) is 2.48. The van der Waals surface area contributed by atoms with Gasteiger partial charge in [0.15, 0.2) is 11.6 Å². The van der Waals surface area contributed by atoms with Gasteiger partial charge in [0.05, 0.1) is 16.7 Å². The predicted octanol–water partition coefficient (Wildman–Crippen LogP) is 3.33. The van der Waals surface area contributed by atoms with Gasteiger partial charge in [-0.2, -0.15) is 5.10 Å². The zero-order valence-electron chi connectivity index (χ0n) is 9.33. The fraction of sp³-hybridized carbons (Fsp3) is 0.250. The van der Waals surface area contributed by atoms with Crippen LogP contribution in [0.5, 0.6) is 0 Å². The molecule has 1 aromatic carbocycles. The SMILES string of the molecule is Fc1ccc(C2CCNc3c(Br)cnn32)cc1F. The van der Waals surface area contributed by atoms with Gasteiger partial charge in [-0.25, -0.2) is 13.5 Å². The Morgan fingerprint density at radius 1 is 1.33 bits per heavy atom. The van der Waals surface area contributed by atoms with E-state index in [0.717, 1.165) is 34.9 Å². The number of rotatable bonds is 1. The van der Waals surface area contributed by atoms with Gasteiger partial charge in [0, 0.05) is 6.54 Å². The van der Waals surface area contributed by atoms with Crippen LogP contribution in [-0.4, -0.2) is 16.3 Å². The highest BCUT2D eigenvalue weighted by Gasteiger charge is 2.24. The number of halogens is 3. The molecule has 2 heterocycles. The van der Waals surface area contributed by atoms with Crippen LogP contribution >= 0.6 is 15.9 Å². The van der Waals surface area contributed by atoms with Gasteiger partial charge in [-0.05, 0) is 40.0 Å². The molecule has 0 saturated heterocycles. The molecule has 0 radical (unpaired) electrons. The first-order chi connectivity index (χ1) is 8.66. The molecule has 0 amide bonds. The molecule has 0 bridgehead atoms. The first-order valence-corrected chi connectivity index (χ1v) is 6.38. The molecule has 3 nitrogen and oxygen atoms in total. The Kier molecular flexibility index (Phi) is 2.81. The molecule has 6 heteroatoms. The summed E-state index contributed by atoms with van der Waals surface area (Å²) in [4.78, 5) is 0. The number of hydrogen-bond donors (Lipinski definition) is 1. The molecule has 1 aromatic heterocycles. The average molecular weight is 314 g/mol. The molecule has 3 rings (SSSR count). The fourth-order valence-corrected chi connectivity index (χ4v) is 2.63. The zero-order chi connectivity index (χ0) is 12.7. The van der Waals surface area contributed by atoms with E-state index in [0.29, 0.717) is 0 Å². The van der Waals surface area contributed by atoms with Crippen LogP contribution in [0.4, 0.5) is 14.6 Å². The molecule has 0 spiro atoms. The van der Waals surface area contributed by atoms with E-state index in [-0.39, 0.29) is 6.04 Å². The third-order valence-corrected chi connectivity index (χ3v) is 3.66. The first kappa shape index (κ1) is 11.6. The van der Waals surface area contributed by atoms with Crippen LogP contribution in [0, 0.1) is 11.6 Å². The minimum absolute atomic E-state index is 0.0670. The summed E-state index contributed by atoms with van der Waals surface area (Å²) >= 11 is 3.40. The van der Waals surface area contributed by atoms with Crippen molar-refractivity contribution < 1.29 is 8.78 Å². The van der Waals surface area contributed by atoms with Gasteiger partial charge in [0.1, 0.15) is 5.82 Å². The minimum Gasteiger partial charge on any atom is -0.369 e. The van der Waals surface area contributed by atoms with Gasteiger partial charge < -0.3 is 5.32 Å². The summed E-state index contributed by atoms with van der Waals surface area (Å²) in [5, 5.41) is 7.48. The van der Waals surface area contributed by atoms with Crippen LogP contribution in [-0.2, 0) is 0 Å². The van der Waals surface area contributed by atoms with Crippen LogP contribution in [0.2, 0.25) is 0 Å². The van der Waals surface area contributed by atoms with Crippen molar-refractivity contribution in [3.63, 3.8) is 0 Å². The van der Waals surface area contributed by atoms with Crippen LogP contribution in [0.1, 0.15) is 18.0 Å². The van der Waals surface area contributed by atoms with Crippen molar-refractivity contribution in [2.24, 2.45) is 0 Å². The maximum absolute atomic E-state index is 13.3. The molecular weight excluding hydrogens is 304 g/mol. The lowest BCUT2D eigenvalue weighted by Crippen LogP contribution is -2.24. The Balaban J connectivity index is 2.05. The van der Waals surface area contributed by atoms with Crippen LogP contribution in [0.3, 0.4) is 0 Å². The van der Waals surface area contributed by atoms with Gasteiger partial charge >= 0.3 is 0 Å². The molecule has 0 saturated carbocycles. The predicted molar refractivity (Wildman–Crippen MR) is 67.5 cm³/mol. The first-order valence-electron chi connectivity index (χ1n) is 5.58. The van der Waals surface area contributed by atoms with Crippen molar-refractivity contribution in [3.05, 3.63) is 46.1 Å². The summed E-state index contributed by atoms with van der Waals surface area (Å²) in [6, 6.07) is 3.94. The lowest BCUT2D eigenvalue weighted by Gasteiger charge is -2.26. The molecule has 2 aromatic rings. The van der Waals surface area contributed by atoms with Gasteiger partial charge in [-0.15, -0.1) is 0 Å². The van der Waals surface area contributed by atoms with Crippen molar-refractivity contribution in [1.29, 1.82) is 0 Å². The number of anilines is 1. The molecule has 1 aliphatic heterocycles. The van der Waals surface area contributed by atoms with Crippen LogP contribution in [0.25, 0.3) is 0 Å². The summed E-state index contributed by atoms with van der Waals surface area (Å²) in [6.45, 7) is 0.772. The number of nitrogens with one attached hydrogen (secondary N) is 1. The molecule has 0 fully saturated rings. The molecular formula is C12H10BrF2N3. The standard InChI is InChI=1S/C12H10BrF2N3/c13-8-6-17-18-11(3-4-16-12(8)18)7-1-2-9(14)10(15)5-7/h1-2,5-6,11,16H,3-4H2. The summed E-state index contributed by atoms with van der Waals surface area (Å²) in [5.41, 5.74) is 0.729. The summed E-state index contributed by atoms with van der Waals surface area (Å²) in [7, 11) is 0. The van der Waals surface area contributed by atoms with E-state index in [9.17, 15) is 8.78 Å². The quantitative estimate of drug-likeness (QED) is 0.875. The highest BCUT2D eigenvalue weighted by molar-refractivity contribution is 9.10. The van der Waals surface area contributed by atoms with Crippen molar-refractivity contribution in [2.45, 2.75) is 12.5 Å². The monoisotopic (exact) mass is 313 g/mol. The third kappa shape index (κ3) is 1.80. The number of nitrogens with zero attached hydrogens (tertiary/aromatic N) is 2. The van der Waals surface area contributed by atoms with Crippen molar-refractivity contribution in [3.8, 4) is 0 Å². The Bertz CT molecular complexity index is 597. The van der Waals surface area contributed by atoms with E-state index >= 15 is 0 Å². The second-order valence-corrected chi connectivity index (χ2v) is 5.04. The molecule has 1 unspecified atom stereocenters. The Morgan fingerprint density at radius 3 is 2.94 bits per heavy atom. The third-order valence-electron chi connectivity index (χ3n) is 3.08. The van der Waals surface area contributed by atoms with E-state index in [1.165, 1.54) is 6.07 Å². The maximum Gasteiger partial charge on any atom is 0.159 e. The minimum atomic E-state index is -0.824. The summed E-state index contributed by atoms with van der Waals surface area (Å²) < 4.78 is 28.9. The number of hydrogen-bond acceptors (Lipinski definition) is 2. The topological polar surface area (TPSA) is 29.9 Å². The highest BCUT2D eigenvalue weighted by Crippen LogP contribution is 2.33. The molecule has 1 atom stereocenters. The normalized spacial score (nSPS) is 18.3. The Morgan fingerprint density at radius 2 is 2.17 bits per heavy atom.